The van der Waals surface area contributed by atoms with Crippen molar-refractivity contribution in [2.45, 2.75) is 12.2 Å². The molecule has 0 saturated heterocycles. The monoisotopic (exact) mass is 180 g/mol. The number of carbonyl (C=O) groups is 2. The molecule has 0 heterocycles. The van der Waals surface area contributed by atoms with E-state index in [1.165, 1.54) is 0 Å². The Morgan fingerprint density at radius 2 is 1.58 bits per heavy atom. The number of aliphatic hydroxyl groups is 4. The molecule has 0 aliphatic rings. The zero-order valence-electron chi connectivity index (χ0n) is 6.33. The zero-order valence-corrected chi connectivity index (χ0v) is 6.33. The van der Waals surface area contributed by atoms with Crippen LogP contribution in [0, 0.1) is 0 Å². The van der Waals surface area contributed by atoms with Crippen LogP contribution in [-0.2, 0) is 9.59 Å². The summed E-state index contributed by atoms with van der Waals surface area (Å²) in [5.41, 5.74) is 0. The predicted molar refractivity (Wildman–Crippen MR) is 38.3 cm³/mol. The summed E-state index contributed by atoms with van der Waals surface area (Å²) in [6, 6.07) is 0. The van der Waals surface area contributed by atoms with Crippen molar-refractivity contribution in [3.8, 4) is 0 Å². The van der Waals surface area contributed by atoms with Crippen molar-refractivity contribution in [3.05, 3.63) is 0 Å². The summed E-state index contributed by atoms with van der Waals surface area (Å²) < 4.78 is 0. The third-order valence-corrected chi connectivity index (χ3v) is 0.795. The molecule has 0 spiro atoms. The quantitative estimate of drug-likeness (QED) is 0.344. The van der Waals surface area contributed by atoms with Crippen LogP contribution in [0.1, 0.15) is 0 Å². The lowest BCUT2D eigenvalue weighted by Crippen LogP contribution is -2.30. The summed E-state index contributed by atoms with van der Waals surface area (Å²) in [4.78, 5) is 18.5. The Balaban J connectivity index is 0. The van der Waals surface area contributed by atoms with E-state index in [9.17, 15) is 4.79 Å². The number of aliphatic hydroxyl groups excluding tert-OH is 4. The molecule has 6 heteroatoms. The number of hydrogen-bond donors (Lipinski definition) is 4. The molecule has 2 atom stereocenters. The van der Waals surface area contributed by atoms with Gasteiger partial charge in [-0.15, -0.1) is 0 Å². The number of carbonyl (C=O) groups excluding carboxylic acids is 2. The molecule has 0 aromatic heterocycles. The van der Waals surface area contributed by atoms with Crippen LogP contribution in [0.3, 0.4) is 0 Å². The highest BCUT2D eigenvalue weighted by Crippen LogP contribution is 1.85. The minimum atomic E-state index is -1.46. The summed E-state index contributed by atoms with van der Waals surface area (Å²) >= 11 is 0. The Morgan fingerprint density at radius 1 is 1.17 bits per heavy atom. The molecule has 0 aliphatic heterocycles. The van der Waals surface area contributed by atoms with Crippen LogP contribution in [0.2, 0.25) is 0 Å². The Kier molecular flexibility index (Phi) is 11.7. The largest absolute Gasteiger partial charge is 0.394 e. The van der Waals surface area contributed by atoms with Crippen LogP contribution in [-0.4, -0.2) is 58.4 Å². The first-order valence-corrected chi connectivity index (χ1v) is 3.10. The average Bonchev–Trinajstić information content (AvgIpc) is 2.15. The lowest BCUT2D eigenvalue weighted by molar-refractivity contribution is -0.121. The van der Waals surface area contributed by atoms with Crippen molar-refractivity contribution < 1.29 is 30.0 Å². The second kappa shape index (κ2) is 10.2. The second-order valence-electron chi connectivity index (χ2n) is 1.73. The summed E-state index contributed by atoms with van der Waals surface area (Å²) in [7, 11) is 0. The molecule has 6 nitrogen and oxygen atoms in total. The summed E-state index contributed by atoms with van der Waals surface area (Å²) in [5.74, 6) is 0. The Labute approximate surface area is 69.1 Å². The molecule has 0 aromatic rings. The summed E-state index contributed by atoms with van der Waals surface area (Å²) in [6.07, 6.45) is -2.20. The lowest BCUT2D eigenvalue weighted by Gasteiger charge is -2.06. The van der Waals surface area contributed by atoms with Crippen LogP contribution in [0.15, 0.2) is 0 Å². The van der Waals surface area contributed by atoms with Crippen LogP contribution in [0.5, 0.6) is 0 Å². The first-order valence-electron chi connectivity index (χ1n) is 3.10. The van der Waals surface area contributed by atoms with Crippen LogP contribution >= 0.6 is 0 Å². The minimum absolute atomic E-state index is 0.168. The van der Waals surface area contributed by atoms with E-state index in [1.54, 1.807) is 0 Å². The van der Waals surface area contributed by atoms with Gasteiger partial charge in [-0.05, 0) is 0 Å². The van der Waals surface area contributed by atoms with E-state index in [1.807, 2.05) is 0 Å². The van der Waals surface area contributed by atoms with Crippen molar-refractivity contribution in [1.82, 2.24) is 0 Å². The molecule has 0 fully saturated rings. The second-order valence-corrected chi connectivity index (χ2v) is 1.73. The van der Waals surface area contributed by atoms with Crippen molar-refractivity contribution >= 4 is 12.6 Å². The molecule has 12 heavy (non-hydrogen) atoms. The zero-order chi connectivity index (χ0) is 9.98. The van der Waals surface area contributed by atoms with Crippen LogP contribution in [0.25, 0.3) is 0 Å². The van der Waals surface area contributed by atoms with E-state index in [4.69, 9.17) is 25.2 Å². The smallest absolute Gasteiger partial charge is 0.151 e. The van der Waals surface area contributed by atoms with Crippen molar-refractivity contribution in [1.29, 1.82) is 0 Å². The van der Waals surface area contributed by atoms with Crippen LogP contribution in [0.4, 0.5) is 0 Å². The molecular weight excluding hydrogens is 168 g/mol. The SMILES string of the molecule is O=CCO.O=C[C@@H](O)[C@H](O)CO. The topological polar surface area (TPSA) is 115 Å². The third-order valence-electron chi connectivity index (χ3n) is 0.795. The molecule has 0 rings (SSSR count). The van der Waals surface area contributed by atoms with Crippen molar-refractivity contribution in [2.75, 3.05) is 13.2 Å². The predicted octanol–water partition coefficient (Wildman–Crippen LogP) is -2.92. The maximum atomic E-state index is 9.58. The van der Waals surface area contributed by atoms with Gasteiger partial charge >= 0.3 is 0 Å². The Morgan fingerprint density at radius 3 is 1.67 bits per heavy atom. The van der Waals surface area contributed by atoms with Gasteiger partial charge in [0.1, 0.15) is 18.5 Å². The Hall–Kier alpha value is -0.820. The lowest BCUT2D eigenvalue weighted by atomic mass is 10.2. The molecule has 0 amide bonds. The van der Waals surface area contributed by atoms with Gasteiger partial charge in [0.25, 0.3) is 0 Å². The Bertz CT molecular complexity index is 115. The standard InChI is InChI=1S/C4H8O4.C2H4O2/c5-1-3(7)4(8)2-6;3-1-2-4/h1,3-4,6-8H,2H2;1,4H,2H2/t3-,4-;/m1./s1. The number of aldehydes is 2. The van der Waals surface area contributed by atoms with E-state index in [0.717, 1.165) is 0 Å². The molecule has 0 saturated carbocycles. The van der Waals surface area contributed by atoms with Gasteiger partial charge in [0.05, 0.1) is 13.2 Å². The molecule has 0 aromatic carbocycles. The van der Waals surface area contributed by atoms with Gasteiger partial charge in [0.15, 0.2) is 6.29 Å². The maximum absolute atomic E-state index is 9.58. The normalized spacial score (nSPS) is 13.7. The molecule has 0 radical (unpaired) electrons. The van der Waals surface area contributed by atoms with E-state index >= 15 is 0 Å². The van der Waals surface area contributed by atoms with Gasteiger partial charge in [0.2, 0.25) is 0 Å². The molecule has 4 N–H and O–H groups in total. The van der Waals surface area contributed by atoms with Gasteiger partial charge in [-0.2, -0.15) is 0 Å². The number of rotatable bonds is 4. The van der Waals surface area contributed by atoms with E-state index in [0.29, 0.717) is 6.29 Å². The van der Waals surface area contributed by atoms with Gasteiger partial charge in [0, 0.05) is 0 Å². The van der Waals surface area contributed by atoms with Crippen molar-refractivity contribution in [3.63, 3.8) is 0 Å². The van der Waals surface area contributed by atoms with E-state index in [2.05, 4.69) is 0 Å². The summed E-state index contributed by atoms with van der Waals surface area (Å²) in [5, 5.41) is 32.3. The minimum Gasteiger partial charge on any atom is -0.394 e. The highest BCUT2D eigenvalue weighted by molar-refractivity contribution is 5.56. The first kappa shape index (κ1) is 13.7. The van der Waals surface area contributed by atoms with Crippen LogP contribution < -0.4 is 0 Å². The van der Waals surface area contributed by atoms with Crippen molar-refractivity contribution in [2.24, 2.45) is 0 Å². The highest BCUT2D eigenvalue weighted by atomic mass is 16.4. The molecule has 0 bridgehead atoms. The van der Waals surface area contributed by atoms with Gasteiger partial charge in [-0.1, -0.05) is 0 Å². The molecule has 72 valence electrons. The maximum Gasteiger partial charge on any atom is 0.151 e. The number of hydrogen-bond acceptors (Lipinski definition) is 6. The molecular formula is C6H12O6. The average molecular weight is 180 g/mol. The fourth-order valence-corrected chi connectivity index (χ4v) is 0.199. The highest BCUT2D eigenvalue weighted by Gasteiger charge is 2.12. The molecule has 0 aliphatic carbocycles. The van der Waals surface area contributed by atoms with E-state index in [-0.39, 0.29) is 12.9 Å². The first-order chi connectivity index (χ1) is 5.63. The fraction of sp³-hybridized carbons (Fsp3) is 0.667. The van der Waals surface area contributed by atoms with Gasteiger partial charge in [-0.25, -0.2) is 0 Å². The third kappa shape index (κ3) is 9.18. The summed E-state index contributed by atoms with van der Waals surface area (Å²) in [6.45, 7) is -0.958. The van der Waals surface area contributed by atoms with E-state index < -0.39 is 18.8 Å². The fourth-order valence-electron chi connectivity index (χ4n) is 0.199. The molecule has 0 unspecified atom stereocenters. The van der Waals surface area contributed by atoms with Gasteiger partial charge in [-0.3, -0.25) is 0 Å². The van der Waals surface area contributed by atoms with Gasteiger partial charge < -0.3 is 30.0 Å².